The van der Waals surface area contributed by atoms with Crippen LogP contribution in [-0.4, -0.2) is 60.2 Å². The first kappa shape index (κ1) is 26.6. The van der Waals surface area contributed by atoms with Crippen molar-refractivity contribution >= 4 is 23.3 Å². The lowest BCUT2D eigenvalue weighted by atomic mass is 9.44. The molecule has 2 aliphatic heterocycles. The van der Waals surface area contributed by atoms with Crippen LogP contribution < -0.4 is 0 Å². The van der Waals surface area contributed by atoms with E-state index in [0.29, 0.717) is 70.0 Å². The van der Waals surface area contributed by atoms with E-state index < -0.39 is 11.2 Å². The van der Waals surface area contributed by atoms with Crippen LogP contribution >= 0.6 is 0 Å². The Balaban J connectivity index is 1.11. The van der Waals surface area contributed by atoms with Crippen molar-refractivity contribution in [2.75, 3.05) is 26.3 Å². The minimum Gasteiger partial charge on any atom is -0.347 e. The molecule has 6 aliphatic rings. The number of rotatable bonds is 4. The van der Waals surface area contributed by atoms with E-state index >= 15 is 0 Å². The lowest BCUT2D eigenvalue weighted by Gasteiger charge is -2.58. The number of hydrogen-bond acceptors (Lipinski definition) is 6. The van der Waals surface area contributed by atoms with Gasteiger partial charge in [0.15, 0.2) is 5.79 Å². The molecule has 38 heavy (non-hydrogen) atoms. The van der Waals surface area contributed by atoms with Gasteiger partial charge in [0.1, 0.15) is 17.3 Å². The van der Waals surface area contributed by atoms with Crippen molar-refractivity contribution in [2.45, 2.75) is 97.2 Å². The molecule has 0 aromatic rings. The maximum absolute atomic E-state index is 14.0. The van der Waals surface area contributed by atoms with Crippen LogP contribution in [0.1, 0.15) is 91.4 Å². The number of Topliss-reactive ketones (excluding diaryl/α,β-unsaturated/α-hetero) is 3. The largest absolute Gasteiger partial charge is 0.347 e. The average molecular weight is 528 g/mol. The van der Waals surface area contributed by atoms with E-state index in [1.165, 1.54) is 0 Å². The number of hydrogen-bond donors (Lipinski definition) is 0. The third kappa shape index (κ3) is 4.05. The summed E-state index contributed by atoms with van der Waals surface area (Å²) in [7, 11) is 0. The van der Waals surface area contributed by atoms with E-state index in [4.69, 9.17) is 9.47 Å². The molecule has 0 aromatic carbocycles. The summed E-state index contributed by atoms with van der Waals surface area (Å²) >= 11 is 0. The van der Waals surface area contributed by atoms with Crippen LogP contribution in [0, 0.1) is 46.3 Å². The third-order valence-electron chi connectivity index (χ3n) is 12.4. The molecule has 7 nitrogen and oxygen atoms in total. The van der Waals surface area contributed by atoms with Gasteiger partial charge in [-0.15, -0.1) is 0 Å². The molecule has 0 bridgehead atoms. The lowest BCUT2D eigenvalue weighted by Crippen LogP contribution is -2.60. The maximum atomic E-state index is 14.0. The van der Waals surface area contributed by atoms with Crippen LogP contribution in [0.25, 0.3) is 0 Å². The zero-order valence-corrected chi connectivity index (χ0v) is 23.5. The Hall–Kier alpha value is -1.60. The Labute approximate surface area is 226 Å². The molecule has 2 saturated heterocycles. The quantitative estimate of drug-likeness (QED) is 0.540. The number of likely N-dealkylation sites (tertiary alicyclic amines) is 1. The molecule has 0 unspecified atom stereocenters. The van der Waals surface area contributed by atoms with Crippen molar-refractivity contribution in [2.24, 2.45) is 46.3 Å². The van der Waals surface area contributed by atoms with Crippen molar-refractivity contribution in [3.63, 3.8) is 0 Å². The van der Waals surface area contributed by atoms with E-state index in [0.717, 1.165) is 38.5 Å². The van der Waals surface area contributed by atoms with Crippen LogP contribution in [-0.2, 0) is 28.7 Å². The van der Waals surface area contributed by atoms with Crippen LogP contribution in [0.5, 0.6) is 0 Å². The minimum atomic E-state index is -0.484. The van der Waals surface area contributed by atoms with Gasteiger partial charge in [0.05, 0.1) is 13.2 Å². The predicted octanol–water partition coefficient (Wildman–Crippen LogP) is 4.35. The van der Waals surface area contributed by atoms with E-state index in [-0.39, 0.29) is 52.6 Å². The Morgan fingerprint density at radius 1 is 0.974 bits per heavy atom. The molecule has 0 N–H and O–H groups in total. The number of piperidine rings is 1. The standard InChI is InChI=1S/C31H45NO6/c1-19(4-7-27(36)32-12-10-31(11-13-32)37-14-15-38-31)22-5-6-23-28-24(18-26(35)30(22,23)3)29(2)9-8-21(33)16-20(29)17-25(28)34/h19-20,22-24,28H,4-18H2,1-3H3/t19-,20+,22-,23+,24+,28+,29+,30-/m1/s1. The number of carbonyl (C=O) groups is 4. The fourth-order valence-corrected chi connectivity index (χ4v) is 9.98. The molecule has 210 valence electrons. The van der Waals surface area contributed by atoms with Gasteiger partial charge in [-0.25, -0.2) is 0 Å². The van der Waals surface area contributed by atoms with Crippen molar-refractivity contribution in [3.05, 3.63) is 0 Å². The first-order chi connectivity index (χ1) is 18.1. The van der Waals surface area contributed by atoms with Crippen molar-refractivity contribution < 1.29 is 28.7 Å². The van der Waals surface area contributed by atoms with Gasteiger partial charge in [-0.3, -0.25) is 19.2 Å². The number of carbonyl (C=O) groups excluding carboxylic acids is 4. The summed E-state index contributed by atoms with van der Waals surface area (Å²) in [6.07, 6.45) is 7.52. The molecule has 0 radical (unpaired) electrons. The molecule has 1 amide bonds. The Kier molecular flexibility index (Phi) is 6.65. The summed E-state index contributed by atoms with van der Waals surface area (Å²) in [5, 5.41) is 0. The number of fused-ring (bicyclic) bond motifs is 5. The Morgan fingerprint density at radius 2 is 1.68 bits per heavy atom. The van der Waals surface area contributed by atoms with E-state index in [1.807, 2.05) is 4.90 Å². The maximum Gasteiger partial charge on any atom is 0.222 e. The highest BCUT2D eigenvalue weighted by Gasteiger charge is 2.66. The Morgan fingerprint density at radius 3 is 2.39 bits per heavy atom. The van der Waals surface area contributed by atoms with E-state index in [1.54, 1.807) is 0 Å². The second-order valence-corrected chi connectivity index (χ2v) is 14.0. The summed E-state index contributed by atoms with van der Waals surface area (Å²) in [5.41, 5.74) is -0.567. The zero-order chi connectivity index (χ0) is 26.9. The topological polar surface area (TPSA) is 90.0 Å². The zero-order valence-electron chi connectivity index (χ0n) is 23.5. The number of ketones is 3. The van der Waals surface area contributed by atoms with Gasteiger partial charge >= 0.3 is 0 Å². The van der Waals surface area contributed by atoms with Crippen LogP contribution in [0.15, 0.2) is 0 Å². The number of nitrogens with zero attached hydrogens (tertiary/aromatic N) is 1. The summed E-state index contributed by atoms with van der Waals surface area (Å²) in [6, 6.07) is 0. The van der Waals surface area contributed by atoms with Gasteiger partial charge in [0.25, 0.3) is 0 Å². The molecule has 8 atom stereocenters. The molecular weight excluding hydrogens is 482 g/mol. The molecule has 2 heterocycles. The second kappa shape index (κ2) is 9.50. The van der Waals surface area contributed by atoms with Gasteiger partial charge < -0.3 is 14.4 Å². The summed E-state index contributed by atoms with van der Waals surface area (Å²) < 4.78 is 11.6. The van der Waals surface area contributed by atoms with Gasteiger partial charge in [0.2, 0.25) is 5.91 Å². The monoisotopic (exact) mass is 527 g/mol. The normalized spacial score (nSPS) is 43.1. The molecular formula is C31H45NO6. The lowest BCUT2D eigenvalue weighted by molar-refractivity contribution is -0.187. The van der Waals surface area contributed by atoms with E-state index in [2.05, 4.69) is 20.8 Å². The average Bonchev–Trinajstić information content (AvgIpc) is 3.49. The third-order valence-corrected chi connectivity index (χ3v) is 12.4. The first-order valence-corrected chi connectivity index (χ1v) is 15.2. The minimum absolute atomic E-state index is 0.0494. The van der Waals surface area contributed by atoms with Gasteiger partial charge in [-0.2, -0.15) is 0 Å². The summed E-state index contributed by atoms with van der Waals surface area (Å²) in [5.74, 6) is 1.32. The Bertz CT molecular complexity index is 1010. The molecule has 4 aliphatic carbocycles. The van der Waals surface area contributed by atoms with Crippen molar-refractivity contribution in [1.29, 1.82) is 0 Å². The van der Waals surface area contributed by atoms with Gasteiger partial charge in [0, 0.05) is 69.4 Å². The van der Waals surface area contributed by atoms with Crippen molar-refractivity contribution in [3.8, 4) is 0 Å². The smallest absolute Gasteiger partial charge is 0.222 e. The number of amides is 1. The molecule has 4 saturated carbocycles. The predicted molar refractivity (Wildman–Crippen MR) is 140 cm³/mol. The fourth-order valence-electron chi connectivity index (χ4n) is 9.98. The van der Waals surface area contributed by atoms with Crippen LogP contribution in [0.3, 0.4) is 0 Å². The highest BCUT2D eigenvalue weighted by molar-refractivity contribution is 5.93. The molecule has 7 heteroatoms. The second-order valence-electron chi connectivity index (χ2n) is 14.0. The van der Waals surface area contributed by atoms with Gasteiger partial charge in [-0.05, 0) is 60.7 Å². The molecule has 6 rings (SSSR count). The SMILES string of the molecule is C[C@H](CCC(=O)N1CCC2(CC1)OCCO2)[C@H]1CC[C@H]2[C@@H]3C(=O)C[C@@H]4CC(=O)CC[C@]4(C)[C@H]3CC(=O)[C@]12C. The number of ether oxygens (including phenoxy) is 2. The van der Waals surface area contributed by atoms with Gasteiger partial charge in [-0.1, -0.05) is 20.8 Å². The molecule has 6 fully saturated rings. The molecule has 1 spiro atoms. The summed E-state index contributed by atoms with van der Waals surface area (Å²) in [6.45, 7) is 9.23. The highest BCUT2D eigenvalue weighted by atomic mass is 16.7. The molecule has 0 aromatic heterocycles. The first-order valence-electron chi connectivity index (χ1n) is 15.2. The summed E-state index contributed by atoms with van der Waals surface area (Å²) in [4.78, 5) is 54.8. The van der Waals surface area contributed by atoms with Crippen molar-refractivity contribution in [1.82, 2.24) is 4.90 Å². The fraction of sp³-hybridized carbons (Fsp3) is 0.871. The van der Waals surface area contributed by atoms with E-state index in [9.17, 15) is 19.2 Å². The van der Waals surface area contributed by atoms with Crippen LogP contribution in [0.2, 0.25) is 0 Å². The highest BCUT2D eigenvalue weighted by Crippen LogP contribution is 2.66. The van der Waals surface area contributed by atoms with Crippen LogP contribution in [0.4, 0.5) is 0 Å².